The molecule has 3 heteroatoms. The third-order valence-electron chi connectivity index (χ3n) is 7.50. The molecule has 4 atom stereocenters. The van der Waals surface area contributed by atoms with Crippen LogP contribution in [0.5, 0.6) is 5.75 Å². The monoisotopic (exact) mass is 340 g/mol. The summed E-state index contributed by atoms with van der Waals surface area (Å²) in [6.45, 7) is 3.81. The van der Waals surface area contributed by atoms with Gasteiger partial charge in [-0.2, -0.15) is 0 Å². The van der Waals surface area contributed by atoms with Crippen molar-refractivity contribution < 1.29 is 14.3 Å². The summed E-state index contributed by atoms with van der Waals surface area (Å²) in [4.78, 5) is 24.7. The van der Waals surface area contributed by atoms with Gasteiger partial charge in [0.25, 0.3) is 0 Å². The summed E-state index contributed by atoms with van der Waals surface area (Å²) in [6.07, 6.45) is 7.14. The molecule has 0 radical (unpaired) electrons. The fourth-order valence-electron chi connectivity index (χ4n) is 6.27. The van der Waals surface area contributed by atoms with Gasteiger partial charge in [0.2, 0.25) is 0 Å². The van der Waals surface area contributed by atoms with E-state index in [1.807, 2.05) is 0 Å². The average Bonchev–Trinajstić information content (AvgIpc) is 2.97. The lowest BCUT2D eigenvalue weighted by Gasteiger charge is -2.49. The van der Waals surface area contributed by atoms with Crippen LogP contribution in [0.25, 0.3) is 0 Å². The fraction of sp³-hybridized carbons (Fsp3) is 0.636. The van der Waals surface area contributed by atoms with E-state index in [2.05, 4.69) is 19.1 Å². The van der Waals surface area contributed by atoms with Crippen molar-refractivity contribution in [2.45, 2.75) is 64.7 Å². The van der Waals surface area contributed by atoms with E-state index < -0.39 is 0 Å². The van der Waals surface area contributed by atoms with E-state index in [1.165, 1.54) is 17.5 Å². The van der Waals surface area contributed by atoms with Crippen LogP contribution in [0, 0.1) is 17.3 Å². The predicted octanol–water partition coefficient (Wildman–Crippen LogP) is 4.71. The maximum Gasteiger partial charge on any atom is 0.163 e. The third kappa shape index (κ3) is 2.31. The minimum Gasteiger partial charge on any atom is -0.496 e. The molecule has 0 aromatic heterocycles. The zero-order chi connectivity index (χ0) is 17.8. The molecule has 1 aromatic rings. The van der Waals surface area contributed by atoms with Gasteiger partial charge in [0, 0.05) is 11.8 Å². The maximum atomic E-state index is 12.6. The molecule has 0 aliphatic heterocycles. The number of fused-ring (bicyclic) bond motifs is 5. The highest BCUT2D eigenvalue weighted by Crippen LogP contribution is 2.61. The number of rotatable bonds is 3. The van der Waals surface area contributed by atoms with E-state index in [1.54, 1.807) is 14.0 Å². The number of methoxy groups -OCH3 is 1. The second kappa shape index (κ2) is 5.96. The van der Waals surface area contributed by atoms with E-state index >= 15 is 0 Å². The number of benzene rings is 1. The first-order chi connectivity index (χ1) is 12.0. The van der Waals surface area contributed by atoms with Crippen molar-refractivity contribution >= 4 is 11.6 Å². The van der Waals surface area contributed by atoms with Gasteiger partial charge in [-0.05, 0) is 86.5 Å². The number of ketones is 2. The van der Waals surface area contributed by atoms with Gasteiger partial charge < -0.3 is 4.74 Å². The molecular formula is C22H28O3. The van der Waals surface area contributed by atoms with Gasteiger partial charge in [-0.3, -0.25) is 9.59 Å². The van der Waals surface area contributed by atoms with E-state index in [0.717, 1.165) is 38.5 Å². The number of aryl methyl sites for hydroxylation is 1. The van der Waals surface area contributed by atoms with Gasteiger partial charge in [0.15, 0.2) is 5.78 Å². The smallest absolute Gasteiger partial charge is 0.163 e. The maximum absolute atomic E-state index is 12.6. The van der Waals surface area contributed by atoms with Gasteiger partial charge in [-0.25, -0.2) is 0 Å². The highest BCUT2D eigenvalue weighted by molar-refractivity contribution is 5.97. The van der Waals surface area contributed by atoms with Crippen molar-refractivity contribution in [3.8, 4) is 5.75 Å². The summed E-state index contributed by atoms with van der Waals surface area (Å²) in [5.74, 6) is 2.93. The van der Waals surface area contributed by atoms with Gasteiger partial charge in [-0.15, -0.1) is 0 Å². The van der Waals surface area contributed by atoms with E-state index in [0.29, 0.717) is 34.8 Å². The Morgan fingerprint density at radius 1 is 1.24 bits per heavy atom. The molecule has 25 heavy (non-hydrogen) atoms. The van der Waals surface area contributed by atoms with Crippen molar-refractivity contribution in [3.05, 3.63) is 28.8 Å². The first kappa shape index (κ1) is 16.8. The SMILES string of the molecule is CCC12CCC3c4cc(C(C)=O)c(OC)cc4CCC3C1CCC2=O. The predicted molar refractivity (Wildman–Crippen MR) is 97.2 cm³/mol. The van der Waals surface area contributed by atoms with Crippen molar-refractivity contribution in [3.63, 3.8) is 0 Å². The number of ether oxygens (including phenoxy) is 1. The molecule has 2 fully saturated rings. The van der Waals surface area contributed by atoms with Crippen LogP contribution in [0.1, 0.15) is 79.8 Å². The van der Waals surface area contributed by atoms with Crippen LogP contribution >= 0.6 is 0 Å². The summed E-state index contributed by atoms with van der Waals surface area (Å²) in [7, 11) is 1.64. The Kier molecular flexibility index (Phi) is 4.01. The molecule has 0 amide bonds. The summed E-state index contributed by atoms with van der Waals surface area (Å²) in [5, 5.41) is 0. The molecular weight excluding hydrogens is 312 g/mol. The lowest BCUT2D eigenvalue weighted by atomic mass is 9.54. The van der Waals surface area contributed by atoms with Crippen LogP contribution in [0.3, 0.4) is 0 Å². The Bertz CT molecular complexity index is 735. The second-order valence-electron chi connectivity index (χ2n) is 8.23. The van der Waals surface area contributed by atoms with Gasteiger partial charge in [-0.1, -0.05) is 6.92 Å². The van der Waals surface area contributed by atoms with Crippen molar-refractivity contribution in [1.29, 1.82) is 0 Å². The molecule has 3 aliphatic carbocycles. The molecule has 134 valence electrons. The van der Waals surface area contributed by atoms with Crippen molar-refractivity contribution in [2.75, 3.05) is 7.11 Å². The molecule has 4 rings (SSSR count). The molecule has 0 N–H and O–H groups in total. The number of carbonyl (C=O) groups is 2. The number of hydrogen-bond acceptors (Lipinski definition) is 3. The molecule has 0 spiro atoms. The first-order valence-electron chi connectivity index (χ1n) is 9.77. The minimum atomic E-state index is -0.0471. The molecule has 3 nitrogen and oxygen atoms in total. The molecule has 0 bridgehead atoms. The largest absolute Gasteiger partial charge is 0.496 e. The van der Waals surface area contributed by atoms with E-state index in [4.69, 9.17) is 4.74 Å². The molecule has 0 saturated heterocycles. The van der Waals surface area contributed by atoms with Crippen LogP contribution in [-0.4, -0.2) is 18.7 Å². The number of Topliss-reactive ketones (excluding diaryl/α,β-unsaturated/α-hetero) is 2. The van der Waals surface area contributed by atoms with Crippen LogP contribution in [-0.2, 0) is 11.2 Å². The Labute approximate surface area is 150 Å². The Balaban J connectivity index is 1.75. The standard InChI is InChI=1S/C22H28O3/c1-4-22-10-9-15-16(19(22)7-8-21(22)24)6-5-14-11-20(25-3)17(13(2)23)12-18(14)15/h11-12,15-16,19H,4-10H2,1-3H3. The Morgan fingerprint density at radius 3 is 2.72 bits per heavy atom. The molecule has 4 unspecified atom stereocenters. The fourth-order valence-corrected chi connectivity index (χ4v) is 6.27. The second-order valence-corrected chi connectivity index (χ2v) is 8.23. The number of carbonyl (C=O) groups excluding carboxylic acids is 2. The highest BCUT2D eigenvalue weighted by atomic mass is 16.5. The summed E-state index contributed by atoms with van der Waals surface area (Å²) >= 11 is 0. The van der Waals surface area contributed by atoms with Gasteiger partial charge in [0.1, 0.15) is 11.5 Å². The topological polar surface area (TPSA) is 43.4 Å². The molecule has 2 saturated carbocycles. The normalized spacial score (nSPS) is 33.4. The molecule has 0 heterocycles. The first-order valence-corrected chi connectivity index (χ1v) is 9.77. The lowest BCUT2D eigenvalue weighted by molar-refractivity contribution is -0.131. The average molecular weight is 340 g/mol. The van der Waals surface area contributed by atoms with Crippen LogP contribution < -0.4 is 4.74 Å². The van der Waals surface area contributed by atoms with E-state index in [9.17, 15) is 9.59 Å². The van der Waals surface area contributed by atoms with Crippen molar-refractivity contribution in [1.82, 2.24) is 0 Å². The zero-order valence-corrected chi connectivity index (χ0v) is 15.6. The third-order valence-corrected chi connectivity index (χ3v) is 7.50. The lowest BCUT2D eigenvalue weighted by Crippen LogP contribution is -2.44. The summed E-state index contributed by atoms with van der Waals surface area (Å²) < 4.78 is 5.46. The van der Waals surface area contributed by atoms with Crippen molar-refractivity contribution in [2.24, 2.45) is 17.3 Å². The summed E-state index contributed by atoms with van der Waals surface area (Å²) in [5.41, 5.74) is 3.36. The molecule has 3 aliphatic rings. The number of hydrogen-bond donors (Lipinski definition) is 0. The Hall–Kier alpha value is -1.64. The molecule has 1 aromatic carbocycles. The quantitative estimate of drug-likeness (QED) is 0.748. The minimum absolute atomic E-state index is 0.0471. The van der Waals surface area contributed by atoms with E-state index in [-0.39, 0.29) is 11.2 Å². The summed E-state index contributed by atoms with van der Waals surface area (Å²) in [6, 6.07) is 4.19. The van der Waals surface area contributed by atoms with Crippen LogP contribution in [0.2, 0.25) is 0 Å². The zero-order valence-electron chi connectivity index (χ0n) is 15.6. The Morgan fingerprint density at radius 2 is 2.04 bits per heavy atom. The van der Waals surface area contributed by atoms with Gasteiger partial charge >= 0.3 is 0 Å². The van der Waals surface area contributed by atoms with Crippen LogP contribution in [0.4, 0.5) is 0 Å². The van der Waals surface area contributed by atoms with Gasteiger partial charge in [0.05, 0.1) is 12.7 Å². The van der Waals surface area contributed by atoms with Crippen LogP contribution in [0.15, 0.2) is 12.1 Å². The highest BCUT2D eigenvalue weighted by Gasteiger charge is 2.56.